The van der Waals surface area contributed by atoms with Crippen LogP contribution in [0.25, 0.3) is 0 Å². The van der Waals surface area contributed by atoms with Crippen molar-refractivity contribution in [3.8, 4) is 0 Å². The number of pyridine rings is 1. The molecule has 1 aliphatic heterocycles. The van der Waals surface area contributed by atoms with Crippen molar-refractivity contribution >= 4 is 11.7 Å². The number of carbonyl (C=O) groups is 1. The SMILES string of the molecule is CCN(CC)[C@@H](C(=O)NCc1ccc(N2CCCC2)nc1)C(C)C. The fourth-order valence-electron chi connectivity index (χ4n) is 3.46. The summed E-state index contributed by atoms with van der Waals surface area (Å²) in [5.74, 6) is 1.45. The summed E-state index contributed by atoms with van der Waals surface area (Å²) in [5, 5.41) is 3.08. The van der Waals surface area contributed by atoms with Crippen LogP contribution in [0.2, 0.25) is 0 Å². The predicted octanol–water partition coefficient (Wildman–Crippen LogP) is 2.66. The second-order valence-corrected chi connectivity index (χ2v) is 6.85. The molecule has 5 heteroatoms. The van der Waals surface area contributed by atoms with Gasteiger partial charge in [-0.05, 0) is 43.5 Å². The third kappa shape index (κ3) is 4.69. The van der Waals surface area contributed by atoms with E-state index in [-0.39, 0.29) is 11.9 Å². The van der Waals surface area contributed by atoms with E-state index in [0.29, 0.717) is 12.5 Å². The lowest BCUT2D eigenvalue weighted by Gasteiger charge is -2.31. The van der Waals surface area contributed by atoms with Crippen LogP contribution in [-0.2, 0) is 11.3 Å². The highest BCUT2D eigenvalue weighted by Gasteiger charge is 2.26. The number of anilines is 1. The molecule has 0 saturated carbocycles. The minimum Gasteiger partial charge on any atom is -0.357 e. The van der Waals surface area contributed by atoms with Gasteiger partial charge in [0.25, 0.3) is 0 Å². The number of rotatable bonds is 8. The van der Waals surface area contributed by atoms with Crippen LogP contribution in [0.5, 0.6) is 0 Å². The van der Waals surface area contributed by atoms with Crippen LogP contribution in [0.15, 0.2) is 18.3 Å². The summed E-state index contributed by atoms with van der Waals surface area (Å²) in [6.07, 6.45) is 4.39. The molecule has 1 atom stereocenters. The predicted molar refractivity (Wildman–Crippen MR) is 99.1 cm³/mol. The van der Waals surface area contributed by atoms with Gasteiger partial charge in [0.1, 0.15) is 5.82 Å². The fraction of sp³-hybridized carbons (Fsp3) is 0.684. The van der Waals surface area contributed by atoms with Gasteiger partial charge in [0.15, 0.2) is 0 Å². The van der Waals surface area contributed by atoms with Gasteiger partial charge in [0.2, 0.25) is 5.91 Å². The molecule has 0 unspecified atom stereocenters. The number of nitrogens with one attached hydrogen (secondary N) is 1. The van der Waals surface area contributed by atoms with Crippen molar-refractivity contribution in [1.82, 2.24) is 15.2 Å². The topological polar surface area (TPSA) is 48.5 Å². The first-order chi connectivity index (χ1) is 11.6. The maximum absolute atomic E-state index is 12.6. The van der Waals surface area contributed by atoms with Crippen molar-refractivity contribution in [1.29, 1.82) is 0 Å². The first kappa shape index (κ1) is 18.7. The Morgan fingerprint density at radius 3 is 2.42 bits per heavy atom. The lowest BCUT2D eigenvalue weighted by molar-refractivity contribution is -0.128. The number of amides is 1. The molecular formula is C19H32N4O. The van der Waals surface area contributed by atoms with Gasteiger partial charge in [-0.3, -0.25) is 9.69 Å². The van der Waals surface area contributed by atoms with Gasteiger partial charge in [-0.2, -0.15) is 0 Å². The van der Waals surface area contributed by atoms with E-state index in [0.717, 1.165) is 37.6 Å². The summed E-state index contributed by atoms with van der Waals surface area (Å²) in [6, 6.07) is 4.07. The summed E-state index contributed by atoms with van der Waals surface area (Å²) < 4.78 is 0. The zero-order valence-corrected chi connectivity index (χ0v) is 15.6. The lowest BCUT2D eigenvalue weighted by atomic mass is 10.0. The van der Waals surface area contributed by atoms with E-state index in [1.807, 2.05) is 6.20 Å². The van der Waals surface area contributed by atoms with Gasteiger partial charge in [0.05, 0.1) is 6.04 Å². The summed E-state index contributed by atoms with van der Waals surface area (Å²) in [7, 11) is 0. The molecule has 0 aromatic carbocycles. The molecule has 1 aromatic rings. The fourth-order valence-corrected chi connectivity index (χ4v) is 3.46. The van der Waals surface area contributed by atoms with Gasteiger partial charge in [-0.15, -0.1) is 0 Å². The van der Waals surface area contributed by atoms with E-state index >= 15 is 0 Å². The van der Waals surface area contributed by atoms with E-state index in [1.54, 1.807) is 0 Å². The largest absolute Gasteiger partial charge is 0.357 e. The summed E-state index contributed by atoms with van der Waals surface area (Å²) in [6.45, 7) is 12.9. The standard InChI is InChI=1S/C19H32N4O/c1-5-22(6-2)18(15(3)4)19(24)21-14-16-9-10-17(20-13-16)23-11-7-8-12-23/h9-10,13,15,18H,5-8,11-12,14H2,1-4H3,(H,21,24)/t18-/m1/s1. The molecule has 0 spiro atoms. The van der Waals surface area contributed by atoms with Crippen LogP contribution >= 0.6 is 0 Å². The van der Waals surface area contributed by atoms with Crippen molar-refractivity contribution in [3.63, 3.8) is 0 Å². The van der Waals surface area contributed by atoms with Gasteiger partial charge < -0.3 is 10.2 Å². The molecule has 24 heavy (non-hydrogen) atoms. The Kier molecular flexibility index (Phi) is 7.03. The van der Waals surface area contributed by atoms with E-state index in [1.165, 1.54) is 12.8 Å². The molecule has 134 valence electrons. The van der Waals surface area contributed by atoms with Crippen molar-refractivity contribution in [2.45, 2.75) is 53.1 Å². The van der Waals surface area contributed by atoms with E-state index < -0.39 is 0 Å². The first-order valence-electron chi connectivity index (χ1n) is 9.28. The first-order valence-corrected chi connectivity index (χ1v) is 9.28. The molecule has 1 fully saturated rings. The molecule has 1 N–H and O–H groups in total. The quantitative estimate of drug-likeness (QED) is 0.795. The van der Waals surface area contributed by atoms with Crippen molar-refractivity contribution < 1.29 is 4.79 Å². The second-order valence-electron chi connectivity index (χ2n) is 6.85. The Labute approximate surface area is 146 Å². The Morgan fingerprint density at radius 1 is 1.25 bits per heavy atom. The highest BCUT2D eigenvalue weighted by Crippen LogP contribution is 2.17. The zero-order chi connectivity index (χ0) is 17.5. The molecule has 0 aliphatic carbocycles. The monoisotopic (exact) mass is 332 g/mol. The number of carbonyl (C=O) groups excluding carboxylic acids is 1. The zero-order valence-electron chi connectivity index (χ0n) is 15.6. The highest BCUT2D eigenvalue weighted by molar-refractivity contribution is 5.82. The third-order valence-corrected chi connectivity index (χ3v) is 4.81. The molecular weight excluding hydrogens is 300 g/mol. The van der Waals surface area contributed by atoms with E-state index in [9.17, 15) is 4.79 Å². The third-order valence-electron chi connectivity index (χ3n) is 4.81. The summed E-state index contributed by atoms with van der Waals surface area (Å²) in [4.78, 5) is 21.7. The molecule has 2 heterocycles. The highest BCUT2D eigenvalue weighted by atomic mass is 16.2. The Balaban J connectivity index is 1.92. The minimum atomic E-state index is -0.0724. The number of likely N-dealkylation sites (N-methyl/N-ethyl adjacent to an activating group) is 1. The van der Waals surface area contributed by atoms with Gasteiger partial charge >= 0.3 is 0 Å². The molecule has 2 rings (SSSR count). The van der Waals surface area contributed by atoms with E-state index in [4.69, 9.17) is 0 Å². The number of hydrogen-bond donors (Lipinski definition) is 1. The van der Waals surface area contributed by atoms with Crippen LogP contribution in [-0.4, -0.2) is 48.0 Å². The molecule has 1 saturated heterocycles. The average Bonchev–Trinajstić information content (AvgIpc) is 3.12. The van der Waals surface area contributed by atoms with Crippen LogP contribution in [0.1, 0.15) is 46.1 Å². The summed E-state index contributed by atoms with van der Waals surface area (Å²) in [5.41, 5.74) is 1.05. The number of hydrogen-bond acceptors (Lipinski definition) is 4. The number of aromatic nitrogens is 1. The molecule has 0 radical (unpaired) electrons. The second kappa shape index (κ2) is 9.02. The van der Waals surface area contributed by atoms with E-state index in [2.05, 4.69) is 59.9 Å². The maximum Gasteiger partial charge on any atom is 0.237 e. The normalized spacial score (nSPS) is 16.0. The van der Waals surface area contributed by atoms with Gasteiger partial charge in [-0.1, -0.05) is 33.8 Å². The molecule has 1 amide bonds. The summed E-state index contributed by atoms with van der Waals surface area (Å²) >= 11 is 0. The van der Waals surface area contributed by atoms with Crippen molar-refractivity contribution in [3.05, 3.63) is 23.9 Å². The van der Waals surface area contributed by atoms with Crippen LogP contribution in [0.4, 0.5) is 5.82 Å². The lowest BCUT2D eigenvalue weighted by Crippen LogP contribution is -2.49. The molecule has 1 aliphatic rings. The molecule has 0 bridgehead atoms. The van der Waals surface area contributed by atoms with Gasteiger partial charge in [-0.25, -0.2) is 4.98 Å². The smallest absolute Gasteiger partial charge is 0.237 e. The molecule has 1 aromatic heterocycles. The average molecular weight is 332 g/mol. The number of nitrogens with zero attached hydrogens (tertiary/aromatic N) is 3. The van der Waals surface area contributed by atoms with Crippen molar-refractivity contribution in [2.75, 3.05) is 31.1 Å². The Hall–Kier alpha value is -1.62. The van der Waals surface area contributed by atoms with Crippen LogP contribution in [0.3, 0.4) is 0 Å². The minimum absolute atomic E-state index is 0.0724. The van der Waals surface area contributed by atoms with Gasteiger partial charge in [0, 0.05) is 25.8 Å². The molecule has 5 nitrogen and oxygen atoms in total. The maximum atomic E-state index is 12.6. The Bertz CT molecular complexity index is 505. The van der Waals surface area contributed by atoms with Crippen molar-refractivity contribution in [2.24, 2.45) is 5.92 Å². The van der Waals surface area contributed by atoms with Crippen LogP contribution in [0, 0.1) is 5.92 Å². The van der Waals surface area contributed by atoms with Crippen LogP contribution < -0.4 is 10.2 Å². The Morgan fingerprint density at radius 2 is 1.92 bits per heavy atom.